The highest BCUT2D eigenvalue weighted by molar-refractivity contribution is 5.95. The van der Waals surface area contributed by atoms with Crippen LogP contribution in [0.25, 0.3) is 32.8 Å². The Bertz CT molecular complexity index is 1360. The first-order valence-corrected chi connectivity index (χ1v) is 9.30. The zero-order valence-corrected chi connectivity index (χ0v) is 15.5. The quantitative estimate of drug-likeness (QED) is 0.494. The molecule has 5 aromatic rings. The first-order valence-electron chi connectivity index (χ1n) is 9.30. The average Bonchev–Trinajstić information content (AvgIpc) is 3.12. The SMILES string of the molecule is Cc1ccc2cc(Cn3ccc4c(-c5ccccc5)cncc4c3=O)[nH]c2c1. The Labute approximate surface area is 162 Å². The van der Waals surface area contributed by atoms with Crippen molar-refractivity contribution in [3.05, 3.63) is 101 Å². The van der Waals surface area contributed by atoms with Gasteiger partial charge in [-0.05, 0) is 47.0 Å². The fourth-order valence-corrected chi connectivity index (χ4v) is 3.75. The molecule has 0 saturated heterocycles. The number of hydrogen-bond donors (Lipinski definition) is 1. The van der Waals surface area contributed by atoms with E-state index in [1.165, 1.54) is 5.56 Å². The van der Waals surface area contributed by atoms with Crippen LogP contribution in [-0.2, 0) is 6.54 Å². The van der Waals surface area contributed by atoms with Crippen LogP contribution < -0.4 is 5.56 Å². The third kappa shape index (κ3) is 2.79. The molecule has 0 aliphatic rings. The summed E-state index contributed by atoms with van der Waals surface area (Å²) in [5.41, 5.74) is 5.32. The van der Waals surface area contributed by atoms with Gasteiger partial charge >= 0.3 is 0 Å². The van der Waals surface area contributed by atoms with Crippen LogP contribution in [0.2, 0.25) is 0 Å². The molecule has 0 radical (unpaired) electrons. The number of pyridine rings is 2. The molecule has 4 nitrogen and oxygen atoms in total. The van der Waals surface area contributed by atoms with Crippen molar-refractivity contribution in [3.8, 4) is 11.1 Å². The highest BCUT2D eigenvalue weighted by atomic mass is 16.1. The number of aromatic nitrogens is 3. The summed E-state index contributed by atoms with van der Waals surface area (Å²) < 4.78 is 1.73. The van der Waals surface area contributed by atoms with E-state index in [9.17, 15) is 4.79 Å². The molecule has 0 aliphatic heterocycles. The third-order valence-electron chi connectivity index (χ3n) is 5.16. The Hall–Kier alpha value is -3.66. The first kappa shape index (κ1) is 16.5. The van der Waals surface area contributed by atoms with Crippen molar-refractivity contribution in [2.75, 3.05) is 0 Å². The Kier molecular flexibility index (Phi) is 3.83. The van der Waals surface area contributed by atoms with Gasteiger partial charge in [0.2, 0.25) is 0 Å². The van der Waals surface area contributed by atoms with Crippen LogP contribution in [0.15, 0.2) is 84.0 Å². The Morgan fingerprint density at radius 2 is 1.82 bits per heavy atom. The minimum Gasteiger partial charge on any atom is -0.357 e. The molecule has 1 N–H and O–H groups in total. The van der Waals surface area contributed by atoms with Gasteiger partial charge in [0, 0.05) is 35.4 Å². The molecule has 2 aromatic carbocycles. The van der Waals surface area contributed by atoms with E-state index in [4.69, 9.17) is 0 Å². The number of hydrogen-bond acceptors (Lipinski definition) is 2. The molecule has 0 spiro atoms. The summed E-state index contributed by atoms with van der Waals surface area (Å²) in [6, 6.07) is 20.5. The van der Waals surface area contributed by atoms with Gasteiger partial charge in [0.25, 0.3) is 5.56 Å². The molecular weight excluding hydrogens is 346 g/mol. The van der Waals surface area contributed by atoms with Gasteiger partial charge in [0.15, 0.2) is 0 Å². The average molecular weight is 365 g/mol. The molecule has 0 unspecified atom stereocenters. The Morgan fingerprint density at radius 1 is 0.964 bits per heavy atom. The van der Waals surface area contributed by atoms with Gasteiger partial charge < -0.3 is 9.55 Å². The lowest BCUT2D eigenvalue weighted by Gasteiger charge is -2.09. The van der Waals surface area contributed by atoms with Crippen molar-refractivity contribution < 1.29 is 0 Å². The van der Waals surface area contributed by atoms with Crippen molar-refractivity contribution in [1.29, 1.82) is 0 Å². The molecule has 0 saturated carbocycles. The molecule has 28 heavy (non-hydrogen) atoms. The highest BCUT2D eigenvalue weighted by Gasteiger charge is 2.10. The van der Waals surface area contributed by atoms with Crippen LogP contribution in [0, 0.1) is 6.92 Å². The summed E-state index contributed by atoms with van der Waals surface area (Å²) in [6.45, 7) is 2.57. The first-order chi connectivity index (χ1) is 13.7. The van der Waals surface area contributed by atoms with E-state index >= 15 is 0 Å². The van der Waals surface area contributed by atoms with Gasteiger partial charge in [-0.3, -0.25) is 9.78 Å². The second-order valence-corrected chi connectivity index (χ2v) is 7.15. The van der Waals surface area contributed by atoms with Gasteiger partial charge in [-0.15, -0.1) is 0 Å². The minimum atomic E-state index is -0.0300. The minimum absolute atomic E-state index is 0.0300. The number of benzene rings is 2. The zero-order valence-electron chi connectivity index (χ0n) is 15.5. The largest absolute Gasteiger partial charge is 0.357 e. The van der Waals surface area contributed by atoms with E-state index in [0.717, 1.165) is 33.1 Å². The normalized spacial score (nSPS) is 11.3. The summed E-state index contributed by atoms with van der Waals surface area (Å²) in [5.74, 6) is 0. The maximum absolute atomic E-state index is 13.1. The molecule has 0 bridgehead atoms. The van der Waals surface area contributed by atoms with Gasteiger partial charge in [0.05, 0.1) is 11.9 Å². The van der Waals surface area contributed by atoms with Gasteiger partial charge in [-0.2, -0.15) is 0 Å². The van der Waals surface area contributed by atoms with E-state index in [1.807, 2.05) is 48.8 Å². The van der Waals surface area contributed by atoms with Crippen molar-refractivity contribution in [2.24, 2.45) is 0 Å². The fraction of sp³-hybridized carbons (Fsp3) is 0.0833. The van der Waals surface area contributed by atoms with Crippen LogP contribution in [0.1, 0.15) is 11.3 Å². The maximum atomic E-state index is 13.1. The van der Waals surface area contributed by atoms with Gasteiger partial charge in [-0.25, -0.2) is 0 Å². The second-order valence-electron chi connectivity index (χ2n) is 7.15. The molecule has 0 amide bonds. The smallest absolute Gasteiger partial charge is 0.260 e. The lowest BCUT2D eigenvalue weighted by atomic mass is 10.0. The number of rotatable bonds is 3. The van der Waals surface area contributed by atoms with Crippen LogP contribution >= 0.6 is 0 Å². The van der Waals surface area contributed by atoms with Crippen molar-refractivity contribution >= 4 is 21.7 Å². The number of nitrogens with one attached hydrogen (secondary N) is 1. The predicted molar refractivity (Wildman–Crippen MR) is 114 cm³/mol. The highest BCUT2D eigenvalue weighted by Crippen LogP contribution is 2.26. The topological polar surface area (TPSA) is 50.7 Å². The monoisotopic (exact) mass is 365 g/mol. The Morgan fingerprint density at radius 3 is 2.68 bits per heavy atom. The summed E-state index contributed by atoms with van der Waals surface area (Å²) in [5, 5.41) is 2.72. The maximum Gasteiger partial charge on any atom is 0.260 e. The Balaban J connectivity index is 1.59. The summed E-state index contributed by atoms with van der Waals surface area (Å²) >= 11 is 0. The molecule has 3 aromatic heterocycles. The molecule has 3 heterocycles. The second kappa shape index (κ2) is 6.50. The number of H-pyrrole nitrogens is 1. The molecular formula is C24H19N3O. The van der Waals surface area contributed by atoms with Crippen molar-refractivity contribution in [1.82, 2.24) is 14.5 Å². The number of fused-ring (bicyclic) bond motifs is 2. The predicted octanol–water partition coefficient (Wildman–Crippen LogP) is 4.90. The van der Waals surface area contributed by atoms with E-state index in [2.05, 4.69) is 41.2 Å². The molecule has 0 aliphatic carbocycles. The van der Waals surface area contributed by atoms with E-state index in [0.29, 0.717) is 11.9 Å². The third-order valence-corrected chi connectivity index (χ3v) is 5.16. The van der Waals surface area contributed by atoms with Crippen LogP contribution in [0.5, 0.6) is 0 Å². The van der Waals surface area contributed by atoms with Crippen LogP contribution in [-0.4, -0.2) is 14.5 Å². The standard InChI is InChI=1S/C24H19N3O/c1-16-7-8-18-12-19(26-23(18)11-16)15-27-10-9-20-21(17-5-3-2-4-6-17)13-25-14-22(20)24(27)28/h2-14,26H,15H2,1H3. The van der Waals surface area contributed by atoms with Gasteiger partial charge in [0.1, 0.15) is 0 Å². The van der Waals surface area contributed by atoms with E-state index in [1.54, 1.807) is 10.8 Å². The van der Waals surface area contributed by atoms with Crippen molar-refractivity contribution in [3.63, 3.8) is 0 Å². The summed E-state index contributed by atoms with van der Waals surface area (Å²) in [4.78, 5) is 20.8. The number of aryl methyl sites for hydroxylation is 1. The molecule has 0 atom stereocenters. The number of nitrogens with zero attached hydrogens (tertiary/aromatic N) is 2. The van der Waals surface area contributed by atoms with E-state index in [-0.39, 0.29) is 5.56 Å². The summed E-state index contributed by atoms with van der Waals surface area (Å²) in [6.07, 6.45) is 5.35. The van der Waals surface area contributed by atoms with Crippen molar-refractivity contribution in [2.45, 2.75) is 13.5 Å². The fourth-order valence-electron chi connectivity index (χ4n) is 3.75. The van der Waals surface area contributed by atoms with Gasteiger partial charge in [-0.1, -0.05) is 42.5 Å². The van der Waals surface area contributed by atoms with Crippen LogP contribution in [0.4, 0.5) is 0 Å². The molecule has 5 rings (SSSR count). The summed E-state index contributed by atoms with van der Waals surface area (Å²) in [7, 11) is 0. The van der Waals surface area contributed by atoms with E-state index < -0.39 is 0 Å². The number of aromatic amines is 1. The molecule has 136 valence electrons. The lowest BCUT2D eigenvalue weighted by molar-refractivity contribution is 0.753. The molecule has 0 fully saturated rings. The molecule has 4 heteroatoms. The van der Waals surface area contributed by atoms with Crippen LogP contribution in [0.3, 0.4) is 0 Å². The lowest BCUT2D eigenvalue weighted by Crippen LogP contribution is -2.20. The zero-order chi connectivity index (χ0) is 19.1.